The first-order valence-electron chi connectivity index (χ1n) is 11.1. The summed E-state index contributed by atoms with van der Waals surface area (Å²) < 4.78 is 27.7. The lowest BCUT2D eigenvalue weighted by Gasteiger charge is -2.24. The SMILES string of the molecule is CCO.O=C(Nc1cccc(S)c1)c1ccc(CC2CC2)nc1N1CCCC(F)(F)CC1. The van der Waals surface area contributed by atoms with Gasteiger partial charge in [-0.15, -0.1) is 12.6 Å². The quantitative estimate of drug-likeness (QED) is 0.534. The van der Waals surface area contributed by atoms with Gasteiger partial charge in [0.15, 0.2) is 0 Å². The van der Waals surface area contributed by atoms with Crippen LogP contribution in [0.4, 0.5) is 20.3 Å². The summed E-state index contributed by atoms with van der Waals surface area (Å²) in [6.07, 6.45) is 3.32. The molecule has 1 aliphatic carbocycles. The third-order valence-electron chi connectivity index (χ3n) is 5.49. The minimum atomic E-state index is -2.66. The Bertz CT molecular complexity index is 922. The number of hydrogen-bond acceptors (Lipinski definition) is 5. The Morgan fingerprint density at radius 2 is 2.00 bits per heavy atom. The molecule has 2 heterocycles. The summed E-state index contributed by atoms with van der Waals surface area (Å²) in [4.78, 5) is 20.3. The Labute approximate surface area is 193 Å². The van der Waals surface area contributed by atoms with Crippen LogP contribution >= 0.6 is 12.6 Å². The Balaban J connectivity index is 0.000000913. The third kappa shape index (κ3) is 7.17. The lowest BCUT2D eigenvalue weighted by molar-refractivity contribution is -0.0102. The molecule has 1 aromatic heterocycles. The highest BCUT2D eigenvalue weighted by molar-refractivity contribution is 7.80. The van der Waals surface area contributed by atoms with Crippen LogP contribution in [0.3, 0.4) is 0 Å². The smallest absolute Gasteiger partial charge is 0.259 e. The van der Waals surface area contributed by atoms with Crippen molar-refractivity contribution in [2.75, 3.05) is 29.9 Å². The van der Waals surface area contributed by atoms with E-state index in [0.717, 1.165) is 17.0 Å². The molecule has 1 saturated carbocycles. The molecule has 2 N–H and O–H groups in total. The van der Waals surface area contributed by atoms with Crippen LogP contribution in [-0.2, 0) is 6.42 Å². The molecular weight excluding hydrogens is 432 g/mol. The molecule has 32 heavy (non-hydrogen) atoms. The fraction of sp³-hybridized carbons (Fsp3) is 0.500. The molecule has 1 amide bonds. The number of thiol groups is 1. The van der Waals surface area contributed by atoms with Gasteiger partial charge in [-0.05, 0) is 68.9 Å². The van der Waals surface area contributed by atoms with E-state index in [4.69, 9.17) is 10.1 Å². The molecule has 0 radical (unpaired) electrons. The molecule has 1 aromatic carbocycles. The number of amides is 1. The van der Waals surface area contributed by atoms with E-state index in [1.807, 2.05) is 23.1 Å². The maximum absolute atomic E-state index is 13.9. The number of pyridine rings is 1. The number of halogens is 2. The van der Waals surface area contributed by atoms with Crippen LogP contribution in [-0.4, -0.2) is 41.6 Å². The summed E-state index contributed by atoms with van der Waals surface area (Å²) in [5, 5.41) is 10.4. The minimum absolute atomic E-state index is 0.123. The van der Waals surface area contributed by atoms with Crippen molar-refractivity contribution in [1.29, 1.82) is 0 Å². The molecule has 0 bridgehead atoms. The Hall–Kier alpha value is -2.19. The van der Waals surface area contributed by atoms with E-state index in [9.17, 15) is 13.6 Å². The molecule has 1 aliphatic heterocycles. The Kier molecular flexibility index (Phi) is 8.48. The second kappa shape index (κ2) is 11.1. The molecule has 5 nitrogen and oxygen atoms in total. The van der Waals surface area contributed by atoms with Gasteiger partial charge in [-0.2, -0.15) is 0 Å². The normalized spacial score (nSPS) is 17.7. The molecule has 2 fully saturated rings. The number of benzene rings is 1. The topological polar surface area (TPSA) is 65.5 Å². The predicted octanol–water partition coefficient (Wildman–Crippen LogP) is 5.20. The van der Waals surface area contributed by atoms with Crippen molar-refractivity contribution in [1.82, 2.24) is 4.98 Å². The van der Waals surface area contributed by atoms with Gasteiger partial charge in [0.1, 0.15) is 5.82 Å². The fourth-order valence-electron chi connectivity index (χ4n) is 3.70. The van der Waals surface area contributed by atoms with Crippen LogP contribution in [0.15, 0.2) is 41.3 Å². The predicted molar refractivity (Wildman–Crippen MR) is 126 cm³/mol. The first kappa shape index (κ1) is 24.5. The van der Waals surface area contributed by atoms with E-state index in [2.05, 4.69) is 17.9 Å². The number of anilines is 2. The van der Waals surface area contributed by atoms with Gasteiger partial charge in [-0.3, -0.25) is 4.79 Å². The molecule has 174 valence electrons. The average Bonchev–Trinajstić information content (AvgIpc) is 3.56. The van der Waals surface area contributed by atoms with Gasteiger partial charge in [0.2, 0.25) is 5.92 Å². The van der Waals surface area contributed by atoms with Crippen molar-refractivity contribution < 1.29 is 18.7 Å². The zero-order valence-electron chi connectivity index (χ0n) is 18.4. The molecule has 2 aliphatic rings. The molecule has 2 aromatic rings. The first-order valence-corrected chi connectivity index (χ1v) is 11.6. The summed E-state index contributed by atoms with van der Waals surface area (Å²) in [7, 11) is 0. The van der Waals surface area contributed by atoms with Crippen molar-refractivity contribution in [2.24, 2.45) is 5.92 Å². The number of aromatic nitrogens is 1. The second-order valence-corrected chi connectivity index (χ2v) is 8.85. The summed E-state index contributed by atoms with van der Waals surface area (Å²) in [6, 6.07) is 10.9. The van der Waals surface area contributed by atoms with Gasteiger partial charge >= 0.3 is 0 Å². The van der Waals surface area contributed by atoms with Crippen molar-refractivity contribution >= 4 is 30.0 Å². The van der Waals surface area contributed by atoms with Crippen molar-refractivity contribution in [3.63, 3.8) is 0 Å². The monoisotopic (exact) mass is 463 g/mol. The number of aliphatic hydroxyl groups excluding tert-OH is 1. The summed E-state index contributed by atoms with van der Waals surface area (Å²) in [5.74, 6) is -1.78. The van der Waals surface area contributed by atoms with Gasteiger partial charge in [-0.1, -0.05) is 6.07 Å². The number of alkyl halides is 2. The standard InChI is InChI=1S/C22H25F2N3OS.C2H6O/c23-22(24)9-2-11-27(12-10-22)20-19(8-7-17(25-20)13-15-5-6-15)21(28)26-16-3-1-4-18(29)14-16;1-2-3/h1,3-4,7-8,14-15,29H,2,5-6,9-13H2,(H,26,28);3H,2H2,1H3. The number of carbonyl (C=O) groups is 1. The maximum atomic E-state index is 13.9. The van der Waals surface area contributed by atoms with Gasteiger partial charge in [0.25, 0.3) is 5.91 Å². The van der Waals surface area contributed by atoms with E-state index >= 15 is 0 Å². The summed E-state index contributed by atoms with van der Waals surface area (Å²) in [6.45, 7) is 2.60. The van der Waals surface area contributed by atoms with E-state index in [-0.39, 0.29) is 31.9 Å². The lowest BCUT2D eigenvalue weighted by Crippen LogP contribution is -2.29. The molecule has 1 saturated heterocycles. The lowest BCUT2D eigenvalue weighted by atomic mass is 10.1. The average molecular weight is 464 g/mol. The number of nitrogens with zero attached hydrogens (tertiary/aromatic N) is 2. The van der Waals surface area contributed by atoms with E-state index in [1.54, 1.807) is 25.1 Å². The first-order chi connectivity index (χ1) is 15.3. The highest BCUT2D eigenvalue weighted by Gasteiger charge is 2.33. The van der Waals surface area contributed by atoms with E-state index in [0.29, 0.717) is 36.0 Å². The fourth-order valence-corrected chi connectivity index (χ4v) is 3.92. The number of rotatable bonds is 5. The van der Waals surface area contributed by atoms with Crippen LogP contribution in [0, 0.1) is 5.92 Å². The maximum Gasteiger partial charge on any atom is 0.259 e. The molecule has 0 unspecified atom stereocenters. The van der Waals surface area contributed by atoms with Crippen LogP contribution in [0.5, 0.6) is 0 Å². The zero-order chi connectivity index (χ0) is 23.1. The number of nitrogens with one attached hydrogen (secondary N) is 1. The summed E-state index contributed by atoms with van der Waals surface area (Å²) >= 11 is 4.30. The van der Waals surface area contributed by atoms with E-state index < -0.39 is 5.92 Å². The third-order valence-corrected chi connectivity index (χ3v) is 5.77. The van der Waals surface area contributed by atoms with Gasteiger partial charge in [0.05, 0.1) is 5.56 Å². The zero-order valence-corrected chi connectivity index (χ0v) is 19.3. The highest BCUT2D eigenvalue weighted by Crippen LogP contribution is 2.34. The van der Waals surface area contributed by atoms with Crippen molar-refractivity contribution in [3.05, 3.63) is 47.7 Å². The Morgan fingerprint density at radius 3 is 2.69 bits per heavy atom. The van der Waals surface area contributed by atoms with Gasteiger partial charge < -0.3 is 15.3 Å². The molecule has 0 spiro atoms. The number of aliphatic hydroxyl groups is 1. The number of hydrogen-bond donors (Lipinski definition) is 3. The van der Waals surface area contributed by atoms with Crippen molar-refractivity contribution in [2.45, 2.75) is 56.3 Å². The molecule has 8 heteroatoms. The molecule has 4 rings (SSSR count). The minimum Gasteiger partial charge on any atom is -0.397 e. The van der Waals surface area contributed by atoms with Gasteiger partial charge in [-0.25, -0.2) is 13.8 Å². The summed E-state index contributed by atoms with van der Waals surface area (Å²) in [5.41, 5.74) is 1.98. The van der Waals surface area contributed by atoms with Crippen LogP contribution in [0.2, 0.25) is 0 Å². The van der Waals surface area contributed by atoms with Crippen LogP contribution in [0.25, 0.3) is 0 Å². The molecular formula is C24H31F2N3O2S. The van der Waals surface area contributed by atoms with Crippen molar-refractivity contribution in [3.8, 4) is 0 Å². The highest BCUT2D eigenvalue weighted by atomic mass is 32.1. The van der Waals surface area contributed by atoms with Crippen LogP contribution in [0.1, 0.15) is 55.1 Å². The number of carbonyl (C=O) groups excluding carboxylic acids is 1. The second-order valence-electron chi connectivity index (χ2n) is 8.34. The van der Waals surface area contributed by atoms with Crippen LogP contribution < -0.4 is 10.2 Å². The molecule has 0 atom stereocenters. The van der Waals surface area contributed by atoms with E-state index in [1.165, 1.54) is 12.8 Å². The Morgan fingerprint density at radius 1 is 1.25 bits per heavy atom. The largest absolute Gasteiger partial charge is 0.397 e. The van der Waals surface area contributed by atoms with Gasteiger partial charge in [0, 0.05) is 48.8 Å².